The number of fused-ring (bicyclic) bond motifs is 3. The Kier molecular flexibility index (Phi) is 2.03. The minimum absolute atomic E-state index is 0.642. The smallest absolute Gasteiger partial charge is 0.134 e. The summed E-state index contributed by atoms with van der Waals surface area (Å²) in [6, 6.07) is 0. The number of nitrogens with zero attached hydrogens (tertiary/aromatic N) is 2. The first kappa shape index (κ1) is 8.20. The highest BCUT2D eigenvalue weighted by atomic mass is 32.2. The van der Waals surface area contributed by atoms with Gasteiger partial charge in [-0.2, -0.15) is 8.75 Å². The third-order valence-electron chi connectivity index (χ3n) is 2.89. The van der Waals surface area contributed by atoms with E-state index in [0.29, 0.717) is 5.92 Å². The Hall–Kier alpha value is -0.130. The first-order chi connectivity index (χ1) is 6.45. The van der Waals surface area contributed by atoms with Gasteiger partial charge in [-0.1, -0.05) is 0 Å². The van der Waals surface area contributed by atoms with Crippen molar-refractivity contribution in [1.82, 2.24) is 14.1 Å². The van der Waals surface area contributed by atoms with E-state index in [2.05, 4.69) is 14.1 Å². The van der Waals surface area contributed by atoms with Crippen LogP contribution in [0.25, 0.3) is 0 Å². The topological polar surface area (TPSA) is 37.8 Å². The van der Waals surface area contributed by atoms with Crippen LogP contribution in [0.15, 0.2) is 5.03 Å². The van der Waals surface area contributed by atoms with E-state index in [4.69, 9.17) is 0 Å². The predicted molar refractivity (Wildman–Crippen MR) is 54.4 cm³/mol. The standard InChI is InChI=1S/C8H11N3S2/c1-2-9-3-6-5(1)4-12-8-7(6)10-13-11-8/h5-6,9H,1-4H2. The summed E-state index contributed by atoms with van der Waals surface area (Å²) >= 11 is 3.25. The summed E-state index contributed by atoms with van der Waals surface area (Å²) in [6.45, 7) is 2.28. The van der Waals surface area contributed by atoms with Gasteiger partial charge in [0.1, 0.15) is 5.03 Å². The van der Waals surface area contributed by atoms with Crippen LogP contribution in [0.5, 0.6) is 0 Å². The van der Waals surface area contributed by atoms with E-state index in [-0.39, 0.29) is 0 Å². The molecule has 0 aliphatic carbocycles. The molecule has 5 heteroatoms. The van der Waals surface area contributed by atoms with Gasteiger partial charge in [-0.05, 0) is 18.9 Å². The van der Waals surface area contributed by atoms with Crippen LogP contribution < -0.4 is 5.32 Å². The van der Waals surface area contributed by atoms with Crippen LogP contribution in [0.4, 0.5) is 0 Å². The van der Waals surface area contributed by atoms with E-state index in [9.17, 15) is 0 Å². The fraction of sp³-hybridized carbons (Fsp3) is 0.750. The monoisotopic (exact) mass is 213 g/mol. The van der Waals surface area contributed by atoms with Crippen molar-refractivity contribution in [3.05, 3.63) is 5.69 Å². The van der Waals surface area contributed by atoms with E-state index in [0.717, 1.165) is 12.5 Å². The van der Waals surface area contributed by atoms with E-state index in [1.807, 2.05) is 11.8 Å². The summed E-state index contributed by atoms with van der Waals surface area (Å²) in [5.74, 6) is 2.72. The number of thioether (sulfide) groups is 1. The maximum atomic E-state index is 4.41. The molecule has 0 radical (unpaired) electrons. The highest BCUT2D eigenvalue weighted by Crippen LogP contribution is 2.41. The van der Waals surface area contributed by atoms with E-state index in [1.54, 1.807) is 0 Å². The van der Waals surface area contributed by atoms with Crippen LogP contribution in [0, 0.1) is 5.92 Å². The largest absolute Gasteiger partial charge is 0.316 e. The minimum atomic E-state index is 0.642. The molecule has 0 amide bonds. The first-order valence-corrected chi connectivity index (χ1v) is 6.32. The van der Waals surface area contributed by atoms with Gasteiger partial charge in [-0.15, -0.1) is 11.8 Å². The summed E-state index contributed by atoms with van der Waals surface area (Å²) in [5, 5.41) is 4.63. The summed E-state index contributed by atoms with van der Waals surface area (Å²) in [5.41, 5.74) is 1.26. The highest BCUT2D eigenvalue weighted by Gasteiger charge is 2.34. The number of hydrogen-bond acceptors (Lipinski definition) is 5. The molecule has 3 nitrogen and oxygen atoms in total. The lowest BCUT2D eigenvalue weighted by Gasteiger charge is -2.33. The van der Waals surface area contributed by atoms with Gasteiger partial charge < -0.3 is 5.32 Å². The number of rotatable bonds is 0. The van der Waals surface area contributed by atoms with Crippen molar-refractivity contribution in [3.8, 4) is 0 Å². The Balaban J connectivity index is 1.97. The molecule has 1 saturated heterocycles. The molecule has 1 N–H and O–H groups in total. The van der Waals surface area contributed by atoms with Crippen LogP contribution in [0.2, 0.25) is 0 Å². The van der Waals surface area contributed by atoms with E-state index in [1.165, 1.54) is 41.2 Å². The van der Waals surface area contributed by atoms with Crippen LogP contribution in [-0.4, -0.2) is 27.6 Å². The van der Waals surface area contributed by atoms with E-state index < -0.39 is 0 Å². The second-order valence-electron chi connectivity index (χ2n) is 3.62. The molecule has 0 spiro atoms. The molecule has 2 aliphatic rings. The van der Waals surface area contributed by atoms with Crippen molar-refractivity contribution in [3.63, 3.8) is 0 Å². The maximum absolute atomic E-state index is 4.41. The normalized spacial score (nSPS) is 32.3. The number of piperidine rings is 1. The third-order valence-corrected chi connectivity index (χ3v) is 4.72. The van der Waals surface area contributed by atoms with Gasteiger partial charge >= 0.3 is 0 Å². The molecular formula is C8H11N3S2. The van der Waals surface area contributed by atoms with Crippen molar-refractivity contribution in [2.45, 2.75) is 17.4 Å². The van der Waals surface area contributed by atoms with Gasteiger partial charge in [-0.25, -0.2) is 0 Å². The fourth-order valence-corrected chi connectivity index (χ4v) is 4.13. The molecule has 13 heavy (non-hydrogen) atoms. The molecular weight excluding hydrogens is 202 g/mol. The molecule has 2 aliphatic heterocycles. The summed E-state index contributed by atoms with van der Waals surface area (Å²) < 4.78 is 8.72. The van der Waals surface area contributed by atoms with Crippen LogP contribution >= 0.6 is 23.5 Å². The Labute approximate surface area is 85.6 Å². The van der Waals surface area contributed by atoms with Crippen LogP contribution in [0.3, 0.4) is 0 Å². The second-order valence-corrected chi connectivity index (χ2v) is 5.16. The summed E-state index contributed by atoms with van der Waals surface area (Å²) in [6.07, 6.45) is 1.30. The van der Waals surface area contributed by atoms with Crippen molar-refractivity contribution in [2.24, 2.45) is 5.92 Å². The van der Waals surface area contributed by atoms with Gasteiger partial charge in [-0.3, -0.25) is 0 Å². The molecule has 0 bridgehead atoms. The number of nitrogens with one attached hydrogen (secondary N) is 1. The Morgan fingerprint density at radius 3 is 3.38 bits per heavy atom. The summed E-state index contributed by atoms with van der Waals surface area (Å²) in [4.78, 5) is 0. The Morgan fingerprint density at radius 1 is 1.38 bits per heavy atom. The zero-order valence-electron chi connectivity index (χ0n) is 7.19. The molecule has 3 heterocycles. The average molecular weight is 213 g/mol. The lowest BCUT2D eigenvalue weighted by Crippen LogP contribution is -2.38. The molecule has 1 aromatic rings. The zero-order valence-corrected chi connectivity index (χ0v) is 8.83. The number of aromatic nitrogens is 2. The Bertz CT molecular complexity index is 312. The van der Waals surface area contributed by atoms with Crippen molar-refractivity contribution in [2.75, 3.05) is 18.8 Å². The van der Waals surface area contributed by atoms with Crippen LogP contribution in [0.1, 0.15) is 18.0 Å². The second kappa shape index (κ2) is 3.22. The molecule has 1 aromatic heterocycles. The molecule has 0 saturated carbocycles. The third kappa shape index (κ3) is 1.30. The number of hydrogen-bond donors (Lipinski definition) is 1. The van der Waals surface area contributed by atoms with E-state index >= 15 is 0 Å². The quantitative estimate of drug-likeness (QED) is 0.705. The minimum Gasteiger partial charge on any atom is -0.316 e. The van der Waals surface area contributed by atoms with Gasteiger partial charge in [0.05, 0.1) is 17.4 Å². The van der Waals surface area contributed by atoms with Gasteiger partial charge in [0.15, 0.2) is 0 Å². The van der Waals surface area contributed by atoms with Gasteiger partial charge in [0, 0.05) is 18.2 Å². The SMILES string of the molecule is C1CC2CSc3nsnc3C2CN1. The molecule has 70 valence electrons. The lowest BCUT2D eigenvalue weighted by atomic mass is 9.85. The molecule has 2 atom stereocenters. The average Bonchev–Trinajstić information content (AvgIpc) is 2.65. The Morgan fingerprint density at radius 2 is 2.38 bits per heavy atom. The van der Waals surface area contributed by atoms with Gasteiger partial charge in [0.2, 0.25) is 0 Å². The highest BCUT2D eigenvalue weighted by molar-refractivity contribution is 7.99. The maximum Gasteiger partial charge on any atom is 0.134 e. The first-order valence-electron chi connectivity index (χ1n) is 4.61. The predicted octanol–water partition coefficient (Wildman–Crippen LogP) is 1.34. The molecule has 1 fully saturated rings. The molecule has 2 unspecified atom stereocenters. The van der Waals surface area contributed by atoms with Crippen molar-refractivity contribution < 1.29 is 0 Å². The van der Waals surface area contributed by atoms with Gasteiger partial charge in [0.25, 0.3) is 0 Å². The van der Waals surface area contributed by atoms with Crippen molar-refractivity contribution >= 4 is 23.5 Å². The molecule has 3 rings (SSSR count). The molecule has 0 aromatic carbocycles. The lowest BCUT2D eigenvalue weighted by molar-refractivity contribution is 0.341. The fourth-order valence-electron chi connectivity index (χ4n) is 2.13. The summed E-state index contributed by atoms with van der Waals surface area (Å²) in [7, 11) is 0. The van der Waals surface area contributed by atoms with Crippen molar-refractivity contribution in [1.29, 1.82) is 0 Å². The van der Waals surface area contributed by atoms with Crippen LogP contribution in [-0.2, 0) is 0 Å². The zero-order chi connectivity index (χ0) is 8.67.